The van der Waals surface area contributed by atoms with Crippen LogP contribution in [-0.2, 0) is 0 Å². The SMILES string of the molecule is Cc1ccccc1-c1nc(-c2ccc(OCC3CCCC3)c(Cl)c2)no1. The van der Waals surface area contributed by atoms with Crippen LogP contribution in [0.3, 0.4) is 0 Å². The lowest BCUT2D eigenvalue weighted by Gasteiger charge is -2.12. The molecule has 0 unspecified atom stereocenters. The molecule has 0 radical (unpaired) electrons. The number of nitrogens with zero attached hydrogens (tertiary/aromatic N) is 2. The zero-order valence-electron chi connectivity index (χ0n) is 14.7. The Balaban J connectivity index is 1.51. The van der Waals surface area contributed by atoms with Gasteiger partial charge in [0, 0.05) is 11.1 Å². The molecule has 2 aromatic carbocycles. The van der Waals surface area contributed by atoms with Crippen LogP contribution < -0.4 is 4.74 Å². The van der Waals surface area contributed by atoms with Crippen LogP contribution in [0.4, 0.5) is 0 Å². The summed E-state index contributed by atoms with van der Waals surface area (Å²) in [4.78, 5) is 4.51. The molecule has 1 heterocycles. The van der Waals surface area contributed by atoms with Crippen molar-refractivity contribution in [2.75, 3.05) is 6.61 Å². The zero-order chi connectivity index (χ0) is 17.9. The van der Waals surface area contributed by atoms with Gasteiger partial charge in [-0.25, -0.2) is 0 Å². The molecular weight excluding hydrogens is 348 g/mol. The fourth-order valence-electron chi connectivity index (χ4n) is 3.40. The van der Waals surface area contributed by atoms with Crippen LogP contribution in [-0.4, -0.2) is 16.7 Å². The van der Waals surface area contributed by atoms with Crippen LogP contribution in [0.15, 0.2) is 47.0 Å². The highest BCUT2D eigenvalue weighted by molar-refractivity contribution is 6.32. The molecule has 1 saturated carbocycles. The topological polar surface area (TPSA) is 48.2 Å². The molecule has 0 N–H and O–H groups in total. The van der Waals surface area contributed by atoms with E-state index in [2.05, 4.69) is 10.1 Å². The maximum absolute atomic E-state index is 6.40. The van der Waals surface area contributed by atoms with Gasteiger partial charge in [0.1, 0.15) is 5.75 Å². The maximum Gasteiger partial charge on any atom is 0.258 e. The quantitative estimate of drug-likeness (QED) is 0.559. The summed E-state index contributed by atoms with van der Waals surface area (Å²) in [6.07, 6.45) is 5.12. The number of hydrogen-bond acceptors (Lipinski definition) is 4. The highest BCUT2D eigenvalue weighted by Crippen LogP contribution is 2.32. The van der Waals surface area contributed by atoms with Gasteiger partial charge in [-0.3, -0.25) is 0 Å². The highest BCUT2D eigenvalue weighted by atomic mass is 35.5. The monoisotopic (exact) mass is 368 g/mol. The van der Waals surface area contributed by atoms with Gasteiger partial charge in [-0.1, -0.05) is 47.8 Å². The van der Waals surface area contributed by atoms with Crippen molar-refractivity contribution >= 4 is 11.6 Å². The van der Waals surface area contributed by atoms with E-state index in [-0.39, 0.29) is 0 Å². The molecule has 1 aromatic heterocycles. The lowest BCUT2D eigenvalue weighted by atomic mass is 10.1. The van der Waals surface area contributed by atoms with Crippen molar-refractivity contribution in [1.29, 1.82) is 0 Å². The second-order valence-electron chi connectivity index (χ2n) is 6.84. The highest BCUT2D eigenvalue weighted by Gasteiger charge is 2.17. The third-order valence-electron chi connectivity index (χ3n) is 4.94. The second-order valence-corrected chi connectivity index (χ2v) is 7.25. The average Bonchev–Trinajstić information content (AvgIpc) is 3.33. The molecule has 1 fully saturated rings. The fraction of sp³-hybridized carbons (Fsp3) is 0.333. The van der Waals surface area contributed by atoms with Crippen LogP contribution >= 0.6 is 11.6 Å². The first kappa shape index (κ1) is 17.1. The Labute approximate surface area is 158 Å². The number of benzene rings is 2. The molecule has 4 rings (SSSR count). The molecule has 134 valence electrons. The largest absolute Gasteiger partial charge is 0.492 e. The number of rotatable bonds is 5. The molecule has 26 heavy (non-hydrogen) atoms. The van der Waals surface area contributed by atoms with Gasteiger partial charge in [-0.15, -0.1) is 0 Å². The fourth-order valence-corrected chi connectivity index (χ4v) is 3.64. The number of hydrogen-bond donors (Lipinski definition) is 0. The van der Waals surface area contributed by atoms with Crippen LogP contribution in [0.2, 0.25) is 5.02 Å². The molecule has 0 bridgehead atoms. The van der Waals surface area contributed by atoms with Gasteiger partial charge in [0.2, 0.25) is 5.82 Å². The predicted molar refractivity (Wildman–Crippen MR) is 102 cm³/mol. The van der Waals surface area contributed by atoms with Gasteiger partial charge < -0.3 is 9.26 Å². The van der Waals surface area contributed by atoms with Crippen molar-refractivity contribution in [2.45, 2.75) is 32.6 Å². The molecule has 4 nitrogen and oxygen atoms in total. The molecular formula is C21H21ClN2O2. The number of aryl methyl sites for hydroxylation is 1. The Bertz CT molecular complexity index is 901. The standard InChI is InChI=1S/C21H21ClN2O2/c1-14-6-2-5-9-17(14)21-23-20(24-26-21)16-10-11-19(18(22)12-16)25-13-15-7-3-4-8-15/h2,5-6,9-12,15H,3-4,7-8,13H2,1H3. The number of aromatic nitrogens is 2. The third kappa shape index (κ3) is 3.61. The van der Waals surface area contributed by atoms with Crippen molar-refractivity contribution in [2.24, 2.45) is 5.92 Å². The van der Waals surface area contributed by atoms with E-state index in [9.17, 15) is 0 Å². The molecule has 1 aliphatic rings. The normalized spacial score (nSPS) is 14.7. The van der Waals surface area contributed by atoms with E-state index in [1.807, 2.05) is 49.4 Å². The molecule has 0 amide bonds. The van der Waals surface area contributed by atoms with Gasteiger partial charge in [0.25, 0.3) is 5.89 Å². The summed E-state index contributed by atoms with van der Waals surface area (Å²) in [5, 5.41) is 4.67. The minimum atomic E-state index is 0.510. The Kier molecular flexibility index (Phi) is 4.93. The Morgan fingerprint density at radius 1 is 1.15 bits per heavy atom. The second kappa shape index (κ2) is 7.50. The minimum Gasteiger partial charge on any atom is -0.492 e. The zero-order valence-corrected chi connectivity index (χ0v) is 15.5. The third-order valence-corrected chi connectivity index (χ3v) is 5.24. The van der Waals surface area contributed by atoms with Gasteiger partial charge in [0.05, 0.1) is 11.6 Å². The number of ether oxygens (including phenoxy) is 1. The molecule has 5 heteroatoms. The van der Waals surface area contributed by atoms with Gasteiger partial charge in [-0.2, -0.15) is 4.98 Å². The first-order valence-electron chi connectivity index (χ1n) is 9.03. The van der Waals surface area contributed by atoms with Crippen LogP contribution in [0.25, 0.3) is 22.8 Å². The summed E-state index contributed by atoms with van der Waals surface area (Å²) < 4.78 is 11.3. The van der Waals surface area contributed by atoms with Gasteiger partial charge in [0.15, 0.2) is 0 Å². The first-order valence-corrected chi connectivity index (χ1v) is 9.41. The van der Waals surface area contributed by atoms with E-state index in [0.29, 0.717) is 28.4 Å². The van der Waals surface area contributed by atoms with Crippen molar-refractivity contribution in [3.8, 4) is 28.6 Å². The molecule has 3 aromatic rings. The lowest BCUT2D eigenvalue weighted by molar-refractivity contribution is 0.252. The predicted octanol–water partition coefficient (Wildman–Crippen LogP) is 5.93. The Morgan fingerprint density at radius 3 is 2.73 bits per heavy atom. The van der Waals surface area contributed by atoms with Gasteiger partial charge in [-0.05, 0) is 55.5 Å². The minimum absolute atomic E-state index is 0.510. The Hall–Kier alpha value is -2.33. The maximum atomic E-state index is 6.40. The molecule has 0 atom stereocenters. The van der Waals surface area contributed by atoms with E-state index in [1.165, 1.54) is 25.7 Å². The van der Waals surface area contributed by atoms with E-state index in [1.54, 1.807) is 0 Å². The van der Waals surface area contributed by atoms with Crippen LogP contribution in [0.5, 0.6) is 5.75 Å². The first-order chi connectivity index (χ1) is 12.7. The van der Waals surface area contributed by atoms with Gasteiger partial charge >= 0.3 is 0 Å². The Morgan fingerprint density at radius 2 is 1.96 bits per heavy atom. The number of halogens is 1. The van der Waals surface area contributed by atoms with Crippen molar-refractivity contribution in [3.05, 3.63) is 53.1 Å². The molecule has 0 saturated heterocycles. The van der Waals surface area contributed by atoms with Crippen molar-refractivity contribution in [3.63, 3.8) is 0 Å². The van der Waals surface area contributed by atoms with Crippen LogP contribution in [0, 0.1) is 12.8 Å². The van der Waals surface area contributed by atoms with Crippen LogP contribution in [0.1, 0.15) is 31.2 Å². The molecule has 0 aliphatic heterocycles. The summed E-state index contributed by atoms with van der Waals surface area (Å²) >= 11 is 6.40. The van der Waals surface area contributed by atoms with E-state index in [4.69, 9.17) is 20.9 Å². The van der Waals surface area contributed by atoms with Crippen molar-refractivity contribution < 1.29 is 9.26 Å². The average molecular weight is 369 g/mol. The van der Waals surface area contributed by atoms with Crippen molar-refractivity contribution in [1.82, 2.24) is 10.1 Å². The van der Waals surface area contributed by atoms with E-state index >= 15 is 0 Å². The molecule has 0 spiro atoms. The smallest absolute Gasteiger partial charge is 0.258 e. The van der Waals surface area contributed by atoms with E-state index < -0.39 is 0 Å². The summed E-state index contributed by atoms with van der Waals surface area (Å²) in [5.74, 6) is 2.40. The van der Waals surface area contributed by atoms with E-state index in [0.717, 1.165) is 23.3 Å². The summed E-state index contributed by atoms with van der Waals surface area (Å²) in [6, 6.07) is 13.6. The summed E-state index contributed by atoms with van der Waals surface area (Å²) in [6.45, 7) is 2.76. The summed E-state index contributed by atoms with van der Waals surface area (Å²) in [7, 11) is 0. The molecule has 1 aliphatic carbocycles. The lowest BCUT2D eigenvalue weighted by Crippen LogP contribution is -2.08. The summed E-state index contributed by atoms with van der Waals surface area (Å²) in [5.41, 5.74) is 2.84.